The molecule has 0 aromatic heterocycles. The van der Waals surface area contributed by atoms with Crippen LogP contribution in [0.2, 0.25) is 0 Å². The van der Waals surface area contributed by atoms with Crippen LogP contribution in [-0.4, -0.2) is 28.3 Å². The highest BCUT2D eigenvalue weighted by Gasteiger charge is 2.16. The van der Waals surface area contributed by atoms with E-state index in [1.807, 2.05) is 4.90 Å². The molecule has 10 heavy (non-hydrogen) atoms. The van der Waals surface area contributed by atoms with E-state index < -0.39 is 0 Å². The molecule has 58 valence electrons. The number of nitrogens with zero attached hydrogens (tertiary/aromatic N) is 1. The van der Waals surface area contributed by atoms with Gasteiger partial charge in [0.1, 0.15) is 0 Å². The van der Waals surface area contributed by atoms with Gasteiger partial charge in [0.05, 0.1) is 0 Å². The molecule has 0 N–H and O–H groups in total. The maximum Gasteiger partial charge on any atom is 0.223 e. The summed E-state index contributed by atoms with van der Waals surface area (Å²) in [6.07, 6.45) is 3.13. The van der Waals surface area contributed by atoms with Crippen molar-refractivity contribution in [1.82, 2.24) is 4.90 Å². The van der Waals surface area contributed by atoms with Gasteiger partial charge in [-0.2, -0.15) is 0 Å². The van der Waals surface area contributed by atoms with Crippen molar-refractivity contribution in [3.63, 3.8) is 0 Å². The highest BCUT2D eigenvalue weighted by molar-refractivity contribution is 14.1. The molecule has 1 aliphatic rings. The van der Waals surface area contributed by atoms with Gasteiger partial charge in [0.25, 0.3) is 0 Å². The van der Waals surface area contributed by atoms with Crippen LogP contribution in [0.5, 0.6) is 0 Å². The third kappa shape index (κ3) is 2.11. The zero-order valence-corrected chi connectivity index (χ0v) is 8.13. The topological polar surface area (TPSA) is 20.3 Å². The fourth-order valence-corrected chi connectivity index (χ4v) is 1.67. The van der Waals surface area contributed by atoms with Gasteiger partial charge in [-0.05, 0) is 12.8 Å². The van der Waals surface area contributed by atoms with Crippen molar-refractivity contribution in [1.29, 1.82) is 0 Å². The lowest BCUT2D eigenvalue weighted by atomic mass is 10.4. The summed E-state index contributed by atoms with van der Waals surface area (Å²) in [5, 5.41) is 0. The fourth-order valence-electron chi connectivity index (χ4n) is 1.21. The molecule has 1 fully saturated rings. The summed E-state index contributed by atoms with van der Waals surface area (Å²) in [6, 6.07) is 0. The maximum absolute atomic E-state index is 11.2. The second-order valence-electron chi connectivity index (χ2n) is 2.53. The van der Waals surface area contributed by atoms with Gasteiger partial charge in [0, 0.05) is 23.9 Å². The third-order valence-electron chi connectivity index (χ3n) is 1.77. The zero-order chi connectivity index (χ0) is 7.40. The Morgan fingerprint density at radius 1 is 1.40 bits per heavy atom. The first kappa shape index (κ1) is 8.30. The van der Waals surface area contributed by atoms with Gasteiger partial charge in [-0.25, -0.2) is 0 Å². The molecule has 0 saturated carbocycles. The van der Waals surface area contributed by atoms with E-state index in [0.29, 0.717) is 5.91 Å². The number of alkyl halides is 1. The molecule has 0 aromatic carbocycles. The first-order valence-electron chi connectivity index (χ1n) is 3.68. The molecule has 0 radical (unpaired) electrons. The standard InChI is InChI=1S/C7H12INO/c8-4-3-7(10)9-5-1-2-6-9/h1-6H2. The van der Waals surface area contributed by atoms with Crippen LogP contribution in [-0.2, 0) is 4.79 Å². The summed E-state index contributed by atoms with van der Waals surface area (Å²) in [4.78, 5) is 13.1. The minimum Gasteiger partial charge on any atom is -0.343 e. The normalized spacial score (nSPS) is 17.9. The number of hydrogen-bond donors (Lipinski definition) is 0. The maximum atomic E-state index is 11.2. The molecule has 1 saturated heterocycles. The zero-order valence-electron chi connectivity index (χ0n) is 5.98. The van der Waals surface area contributed by atoms with Gasteiger partial charge in [0.2, 0.25) is 5.91 Å². The van der Waals surface area contributed by atoms with Crippen LogP contribution in [0.3, 0.4) is 0 Å². The summed E-state index contributed by atoms with van der Waals surface area (Å²) < 4.78 is 0.951. The lowest BCUT2D eigenvalue weighted by molar-refractivity contribution is -0.129. The summed E-state index contributed by atoms with van der Waals surface area (Å²) in [7, 11) is 0. The molecule has 0 unspecified atom stereocenters. The fraction of sp³-hybridized carbons (Fsp3) is 0.857. The predicted octanol–water partition coefficient (Wildman–Crippen LogP) is 1.43. The quantitative estimate of drug-likeness (QED) is 0.538. The van der Waals surface area contributed by atoms with Crippen LogP contribution in [0.15, 0.2) is 0 Å². The van der Waals surface area contributed by atoms with Gasteiger partial charge in [0.15, 0.2) is 0 Å². The molecule has 0 atom stereocenters. The van der Waals surface area contributed by atoms with Crippen molar-refractivity contribution in [3.05, 3.63) is 0 Å². The van der Waals surface area contributed by atoms with Gasteiger partial charge >= 0.3 is 0 Å². The highest BCUT2D eigenvalue weighted by atomic mass is 127. The summed E-state index contributed by atoms with van der Waals surface area (Å²) in [5.41, 5.74) is 0. The molecule has 1 amide bonds. The number of carbonyl (C=O) groups is 1. The average Bonchev–Trinajstić information content (AvgIpc) is 2.38. The number of carbonyl (C=O) groups excluding carboxylic acids is 1. The van der Waals surface area contributed by atoms with Crippen molar-refractivity contribution in [2.75, 3.05) is 17.5 Å². The Hall–Kier alpha value is 0.200. The Labute approximate surface area is 75.1 Å². The van der Waals surface area contributed by atoms with E-state index in [2.05, 4.69) is 22.6 Å². The summed E-state index contributed by atoms with van der Waals surface area (Å²) in [5.74, 6) is 0.340. The smallest absolute Gasteiger partial charge is 0.223 e. The molecule has 0 spiro atoms. The number of likely N-dealkylation sites (tertiary alicyclic amines) is 1. The monoisotopic (exact) mass is 253 g/mol. The van der Waals surface area contributed by atoms with Crippen LogP contribution in [0.4, 0.5) is 0 Å². The van der Waals surface area contributed by atoms with Crippen LogP contribution < -0.4 is 0 Å². The summed E-state index contributed by atoms with van der Waals surface area (Å²) >= 11 is 2.24. The molecule has 2 nitrogen and oxygen atoms in total. The van der Waals surface area contributed by atoms with E-state index >= 15 is 0 Å². The predicted molar refractivity (Wildman–Crippen MR) is 49.3 cm³/mol. The second kappa shape index (κ2) is 4.16. The van der Waals surface area contributed by atoms with Gasteiger partial charge in [-0.1, -0.05) is 22.6 Å². The first-order chi connectivity index (χ1) is 4.84. The second-order valence-corrected chi connectivity index (χ2v) is 3.61. The third-order valence-corrected chi connectivity index (χ3v) is 2.31. The molecule has 1 heterocycles. The van der Waals surface area contributed by atoms with Crippen LogP contribution in [0.1, 0.15) is 19.3 Å². The van der Waals surface area contributed by atoms with E-state index in [1.54, 1.807) is 0 Å². The molecule has 1 aliphatic heterocycles. The number of hydrogen-bond acceptors (Lipinski definition) is 1. The molecule has 0 bridgehead atoms. The van der Waals surface area contributed by atoms with E-state index in [9.17, 15) is 4.79 Å². The Balaban J connectivity index is 2.25. The van der Waals surface area contributed by atoms with Crippen LogP contribution in [0, 0.1) is 0 Å². The molecular formula is C7H12INO. The van der Waals surface area contributed by atoms with Crippen LogP contribution in [0.25, 0.3) is 0 Å². The van der Waals surface area contributed by atoms with Gasteiger partial charge < -0.3 is 4.90 Å². The van der Waals surface area contributed by atoms with Gasteiger partial charge in [-0.3, -0.25) is 4.79 Å². The Morgan fingerprint density at radius 2 is 2.00 bits per heavy atom. The van der Waals surface area contributed by atoms with Gasteiger partial charge in [-0.15, -0.1) is 0 Å². The van der Waals surface area contributed by atoms with Crippen molar-refractivity contribution in [3.8, 4) is 0 Å². The average molecular weight is 253 g/mol. The van der Waals surface area contributed by atoms with E-state index in [4.69, 9.17) is 0 Å². The largest absolute Gasteiger partial charge is 0.343 e. The first-order valence-corrected chi connectivity index (χ1v) is 5.21. The number of rotatable bonds is 2. The Bertz CT molecular complexity index is 121. The number of amides is 1. The summed E-state index contributed by atoms with van der Waals surface area (Å²) in [6.45, 7) is 1.99. The number of halogens is 1. The van der Waals surface area contributed by atoms with E-state index in [0.717, 1.165) is 23.9 Å². The molecular weight excluding hydrogens is 241 g/mol. The van der Waals surface area contributed by atoms with Crippen molar-refractivity contribution < 1.29 is 4.79 Å². The molecule has 0 aromatic rings. The Kier molecular flexibility index (Phi) is 3.45. The highest BCUT2D eigenvalue weighted by Crippen LogP contribution is 2.09. The van der Waals surface area contributed by atoms with E-state index in [1.165, 1.54) is 12.8 Å². The molecule has 3 heteroatoms. The van der Waals surface area contributed by atoms with Crippen LogP contribution >= 0.6 is 22.6 Å². The minimum atomic E-state index is 0.340. The minimum absolute atomic E-state index is 0.340. The lowest BCUT2D eigenvalue weighted by Gasteiger charge is -2.13. The van der Waals surface area contributed by atoms with Crippen molar-refractivity contribution >= 4 is 28.5 Å². The molecule has 1 rings (SSSR count). The Morgan fingerprint density at radius 3 is 2.50 bits per heavy atom. The lowest BCUT2D eigenvalue weighted by Crippen LogP contribution is -2.27. The molecule has 0 aliphatic carbocycles. The van der Waals surface area contributed by atoms with Crippen molar-refractivity contribution in [2.24, 2.45) is 0 Å². The van der Waals surface area contributed by atoms with Crippen molar-refractivity contribution in [2.45, 2.75) is 19.3 Å². The SMILES string of the molecule is O=C(CCI)N1CCCC1. The van der Waals surface area contributed by atoms with E-state index in [-0.39, 0.29) is 0 Å².